The van der Waals surface area contributed by atoms with E-state index in [9.17, 15) is 29.7 Å². The van der Waals surface area contributed by atoms with Crippen LogP contribution >= 0.6 is 0 Å². The van der Waals surface area contributed by atoms with E-state index in [2.05, 4.69) is 45.8 Å². The molecule has 0 aliphatic carbocycles. The van der Waals surface area contributed by atoms with Gasteiger partial charge in [0.05, 0.1) is 126 Å². The van der Waals surface area contributed by atoms with Gasteiger partial charge in [0.1, 0.15) is 72.7 Å². The van der Waals surface area contributed by atoms with Crippen molar-refractivity contribution < 1.29 is 158 Å². The van der Waals surface area contributed by atoms with Crippen molar-refractivity contribution >= 4 is 74.0 Å². The molecule has 0 aliphatic heterocycles. The number of carbonyl (C=O) groups is 11. The van der Waals surface area contributed by atoms with Gasteiger partial charge in [-0.15, -0.1) is 0 Å². The van der Waals surface area contributed by atoms with Crippen LogP contribution in [0.2, 0.25) is 18.1 Å². The third-order valence-corrected chi connectivity index (χ3v) is 27.6. The molecule has 0 radical (unpaired) electrons. The first-order valence-corrected chi connectivity index (χ1v) is 48.6. The van der Waals surface area contributed by atoms with Gasteiger partial charge in [0.15, 0.2) is 8.32 Å². The van der Waals surface area contributed by atoms with Gasteiger partial charge in [-0.25, -0.2) is 4.79 Å². The third-order valence-electron chi connectivity index (χ3n) is 23.2. The van der Waals surface area contributed by atoms with Crippen LogP contribution in [0.3, 0.4) is 0 Å². The molecule has 0 spiro atoms. The molecule has 35 heteroatoms. The van der Waals surface area contributed by atoms with Crippen molar-refractivity contribution in [2.45, 2.75) is 247 Å². The smallest absolute Gasteiger partial charge is 0.333 e. The van der Waals surface area contributed by atoms with Crippen molar-refractivity contribution in [1.29, 1.82) is 0 Å². The Kier molecular flexibility index (Phi) is 54.8. The lowest BCUT2D eigenvalue weighted by Gasteiger charge is -2.47. The Hall–Kier alpha value is -7.13. The van der Waals surface area contributed by atoms with Crippen molar-refractivity contribution in [3.8, 4) is 0 Å². The van der Waals surface area contributed by atoms with Crippen LogP contribution in [0.25, 0.3) is 0 Å². The SMILES string of the molecule is C=C(CC(C)(CC(C)(CC(C)(CC(C)(CC(C)(CC(C)(CC(C)(CC(C)(CC(C)(CC(C)(C)C(=O)OCCOCC)C(=O)OCCOCC)C(=O)OCCOCC)C(=O)OCCOCC)C(=O)OCCOCC)C(=O)OCCOCC)C(=O)OCCOCC)C(=O)OCCO)C(=O)OCCO)C(=O)OCCO)C(=O)OCCN[C@H](C)[C@@H](O[Si](C)(C)C(C)(C)C)c1ccccc1. The Morgan fingerprint density at radius 1 is 0.323 bits per heavy atom. The average molecular weight is 1880 g/mol. The summed E-state index contributed by atoms with van der Waals surface area (Å²) in [5.41, 5.74) is -20.3. The minimum absolute atomic E-state index is 0.0356. The van der Waals surface area contributed by atoms with Gasteiger partial charge in [-0.3, -0.25) is 47.9 Å². The monoisotopic (exact) mass is 1870 g/mol. The lowest BCUT2D eigenvalue weighted by Crippen LogP contribution is -2.52. The lowest BCUT2D eigenvalue weighted by atomic mass is 9.56. The van der Waals surface area contributed by atoms with Gasteiger partial charge in [-0.05, 0) is 219 Å². The van der Waals surface area contributed by atoms with Crippen LogP contribution in [0.4, 0.5) is 0 Å². The summed E-state index contributed by atoms with van der Waals surface area (Å²) in [7, 11) is -2.35. The number of aliphatic hydroxyl groups excluding tert-OH is 3. The molecule has 11 atom stereocenters. The number of aliphatic hydroxyl groups is 3. The predicted molar refractivity (Wildman–Crippen MR) is 484 cm³/mol. The highest BCUT2D eigenvalue weighted by Gasteiger charge is 2.62. The van der Waals surface area contributed by atoms with E-state index in [1.165, 1.54) is 62.3 Å². The van der Waals surface area contributed by atoms with Crippen LogP contribution < -0.4 is 5.32 Å². The number of benzene rings is 1. The van der Waals surface area contributed by atoms with Gasteiger partial charge in [0.25, 0.3) is 0 Å². The van der Waals surface area contributed by atoms with Crippen LogP contribution in [0.1, 0.15) is 228 Å². The van der Waals surface area contributed by atoms with Gasteiger partial charge < -0.3 is 110 Å². The molecule has 0 aliphatic rings. The molecule has 4 N–H and O–H groups in total. The number of esters is 11. The molecule has 0 aromatic heterocycles. The zero-order chi connectivity index (χ0) is 98.9. The van der Waals surface area contributed by atoms with Crippen molar-refractivity contribution in [3.05, 3.63) is 48.0 Å². The van der Waals surface area contributed by atoms with Crippen LogP contribution in [-0.4, -0.2) is 287 Å². The summed E-state index contributed by atoms with van der Waals surface area (Å²) in [6.45, 7) is 38.8. The Morgan fingerprint density at radius 2 is 0.554 bits per heavy atom. The highest BCUT2D eigenvalue weighted by molar-refractivity contribution is 6.74. The molecular weight excluding hydrogens is 1710 g/mol. The number of carbonyl (C=O) groups excluding carboxylic acids is 11. The predicted octanol–water partition coefficient (Wildman–Crippen LogP) is 11.5. The van der Waals surface area contributed by atoms with Crippen molar-refractivity contribution in [1.82, 2.24) is 5.32 Å². The normalized spacial score (nSPS) is 16.6. The topological polar surface area (TPSA) is 436 Å². The lowest BCUT2D eigenvalue weighted by molar-refractivity contribution is -0.178. The fraction of sp³-hybridized carbons (Fsp3) is 0.800. The first kappa shape index (κ1) is 121. The zero-order valence-electron chi connectivity index (χ0n) is 82.9. The summed E-state index contributed by atoms with van der Waals surface area (Å²) in [6.07, 6.45) is -7.09. The van der Waals surface area contributed by atoms with Gasteiger partial charge in [-0.2, -0.15) is 0 Å². The van der Waals surface area contributed by atoms with Gasteiger partial charge in [-0.1, -0.05) is 57.7 Å². The number of ether oxygens (including phenoxy) is 18. The molecule has 0 amide bonds. The van der Waals surface area contributed by atoms with E-state index in [4.69, 9.17) is 89.7 Å². The fourth-order valence-corrected chi connectivity index (χ4v) is 18.4. The molecule has 1 rings (SSSR count). The second kappa shape index (κ2) is 58.9. The number of hydrogen-bond acceptors (Lipinski definition) is 34. The number of nitrogens with one attached hydrogen (secondary N) is 1. The van der Waals surface area contributed by atoms with E-state index in [0.29, 0.717) is 6.61 Å². The number of hydrogen-bond donors (Lipinski definition) is 4. The molecule has 9 unspecified atom stereocenters. The molecule has 0 bridgehead atoms. The Labute approximate surface area is 774 Å². The second-order valence-corrected chi connectivity index (χ2v) is 42.6. The maximum absolute atomic E-state index is 16.1. The first-order chi connectivity index (χ1) is 60.8. The van der Waals surface area contributed by atoms with E-state index in [1.807, 2.05) is 37.3 Å². The second-order valence-electron chi connectivity index (χ2n) is 37.8. The van der Waals surface area contributed by atoms with Gasteiger partial charge in [0, 0.05) is 64.4 Å². The van der Waals surface area contributed by atoms with Gasteiger partial charge >= 0.3 is 65.7 Å². The summed E-state index contributed by atoms with van der Waals surface area (Å²) in [4.78, 5) is 170. The molecule has 0 fully saturated rings. The highest BCUT2D eigenvalue weighted by Crippen LogP contribution is 2.58. The highest BCUT2D eigenvalue weighted by atomic mass is 28.4. The minimum atomic E-state index is -2.35. The van der Waals surface area contributed by atoms with Crippen molar-refractivity contribution in [3.63, 3.8) is 0 Å². The van der Waals surface area contributed by atoms with E-state index in [1.54, 1.807) is 62.3 Å². The quantitative estimate of drug-likeness (QED) is 0.0155. The molecule has 0 heterocycles. The van der Waals surface area contributed by atoms with Crippen LogP contribution in [0, 0.1) is 54.1 Å². The van der Waals surface area contributed by atoms with E-state index < -0.39 is 251 Å². The fourth-order valence-electron chi connectivity index (χ4n) is 17.1. The van der Waals surface area contributed by atoms with Crippen LogP contribution in [-0.2, 0) is 142 Å². The first-order valence-electron chi connectivity index (χ1n) is 45.7. The van der Waals surface area contributed by atoms with Crippen LogP contribution in [0.15, 0.2) is 42.5 Å². The summed E-state index contributed by atoms with van der Waals surface area (Å²) in [5, 5.41) is 34.0. The Morgan fingerprint density at radius 3 is 0.800 bits per heavy atom. The van der Waals surface area contributed by atoms with E-state index in [-0.39, 0.29) is 149 Å². The molecule has 1 aromatic carbocycles. The summed E-state index contributed by atoms with van der Waals surface area (Å²) < 4.78 is 111. The van der Waals surface area contributed by atoms with E-state index >= 15 is 38.4 Å². The standard InChI is InChI=1S/C95H163NO33Si/c1-26-111-46-53-122-75(101)86(13,14)61-88(16,77(103)123-54-47-112-27-2)63-90(18,80(106)124-55-48-113-28-3)65-92(20,81(107)125-56-49-114-29-4)67-94(22,83(109)127-58-51-116-31-6)69-95(23,84(110)128-59-52-117-32-7)68-93(21,82(108)126-57-50-115-30-5)66-91(19,79(105)121-45-41-99)64-89(17,78(104)120-44-40-98)62-87(15,76(102)119-43-39-97)60-70(8)74(100)118-42-38-96-71(9)73(72-36-34-33-35-37-72)129-130(24,25)85(10,11)12/h33-37,71,73,96-99H,8,26-32,38-69H2,1-7,9-25H3/t71-,73-,87?,88?,89?,90?,91?,92?,93?,94?,95?/m1/s1. The Balaban J connectivity index is 4.97. The van der Waals surface area contributed by atoms with Crippen LogP contribution in [0.5, 0.6) is 0 Å². The van der Waals surface area contributed by atoms with Crippen molar-refractivity contribution in [2.24, 2.45) is 54.1 Å². The molecule has 34 nitrogen and oxygen atoms in total. The van der Waals surface area contributed by atoms with E-state index in [0.717, 1.165) is 5.56 Å². The maximum Gasteiger partial charge on any atom is 0.333 e. The number of rotatable bonds is 73. The maximum atomic E-state index is 16.1. The molecule has 750 valence electrons. The molecular formula is C95H163NO33Si. The van der Waals surface area contributed by atoms with Gasteiger partial charge in [0.2, 0.25) is 0 Å². The third kappa shape index (κ3) is 40.6. The summed E-state index contributed by atoms with van der Waals surface area (Å²) in [6, 6.07) is 9.42. The molecule has 0 saturated heterocycles. The Bertz CT molecular complexity index is 3600. The average Bonchev–Trinajstić information content (AvgIpc) is 0.753. The summed E-state index contributed by atoms with van der Waals surface area (Å²) >= 11 is 0. The minimum Gasteiger partial charge on any atom is -0.463 e. The molecule has 130 heavy (non-hydrogen) atoms. The van der Waals surface area contributed by atoms with Crippen molar-refractivity contribution in [2.75, 3.05) is 192 Å². The summed E-state index contributed by atoms with van der Waals surface area (Å²) in [5.74, 6) is -11.2. The molecule has 1 aromatic rings. The zero-order valence-corrected chi connectivity index (χ0v) is 83.9. The largest absolute Gasteiger partial charge is 0.463 e. The molecule has 0 saturated carbocycles.